The van der Waals surface area contributed by atoms with Crippen molar-refractivity contribution in [1.82, 2.24) is 0 Å². The summed E-state index contributed by atoms with van der Waals surface area (Å²) in [4.78, 5) is 25.0. The summed E-state index contributed by atoms with van der Waals surface area (Å²) in [5.41, 5.74) is 0.252. The number of halogens is 2. The second kappa shape index (κ2) is 8.78. The molecule has 0 unspecified atom stereocenters. The van der Waals surface area contributed by atoms with Crippen molar-refractivity contribution in [3.8, 4) is 17.2 Å². The molecule has 3 aromatic carbocycles. The molecule has 3 rings (SSSR count). The summed E-state index contributed by atoms with van der Waals surface area (Å²) in [5.74, 6) is -0.408. The molecule has 0 saturated carbocycles. The molecule has 0 N–H and O–H groups in total. The number of carbonyl (C=O) groups excluding carboxylic acids is 2. The minimum absolute atomic E-state index is 0.0861. The molecular formula is C21H14Cl2O5. The highest BCUT2D eigenvalue weighted by atomic mass is 35.5. The zero-order chi connectivity index (χ0) is 20.1. The Morgan fingerprint density at radius 1 is 0.714 bits per heavy atom. The molecule has 3 aromatic rings. The lowest BCUT2D eigenvalue weighted by Crippen LogP contribution is -2.14. The highest BCUT2D eigenvalue weighted by molar-refractivity contribution is 6.30. The molecule has 0 aliphatic carbocycles. The first-order valence-corrected chi connectivity index (χ1v) is 8.85. The van der Waals surface area contributed by atoms with Crippen LogP contribution in [-0.2, 0) is 0 Å². The van der Waals surface area contributed by atoms with E-state index in [1.807, 2.05) is 0 Å². The van der Waals surface area contributed by atoms with Crippen LogP contribution in [0.3, 0.4) is 0 Å². The number of hydrogen-bond donors (Lipinski definition) is 0. The van der Waals surface area contributed by atoms with Gasteiger partial charge in [0.25, 0.3) is 0 Å². The Morgan fingerprint density at radius 3 is 1.71 bits per heavy atom. The van der Waals surface area contributed by atoms with Crippen molar-refractivity contribution < 1.29 is 23.8 Å². The zero-order valence-electron chi connectivity index (χ0n) is 14.6. The second-order valence-electron chi connectivity index (χ2n) is 5.60. The Morgan fingerprint density at radius 2 is 1.21 bits per heavy atom. The molecule has 0 fully saturated rings. The highest BCUT2D eigenvalue weighted by Crippen LogP contribution is 2.24. The van der Waals surface area contributed by atoms with Crippen molar-refractivity contribution in [3.63, 3.8) is 0 Å². The Kier molecular flexibility index (Phi) is 6.19. The van der Waals surface area contributed by atoms with Crippen molar-refractivity contribution in [2.24, 2.45) is 0 Å². The average Bonchev–Trinajstić information content (AvgIpc) is 2.70. The van der Waals surface area contributed by atoms with Crippen molar-refractivity contribution in [2.75, 3.05) is 7.11 Å². The lowest BCUT2D eigenvalue weighted by atomic mass is 10.1. The molecule has 0 aliphatic heterocycles. The van der Waals surface area contributed by atoms with E-state index >= 15 is 0 Å². The van der Waals surface area contributed by atoms with Gasteiger partial charge >= 0.3 is 11.9 Å². The molecular weight excluding hydrogens is 403 g/mol. The Balaban J connectivity index is 1.82. The molecule has 28 heavy (non-hydrogen) atoms. The van der Waals surface area contributed by atoms with E-state index in [-0.39, 0.29) is 16.9 Å². The number of hydrogen-bond acceptors (Lipinski definition) is 5. The van der Waals surface area contributed by atoms with Gasteiger partial charge in [-0.25, -0.2) is 9.59 Å². The maximum atomic E-state index is 12.5. The molecule has 0 aromatic heterocycles. The van der Waals surface area contributed by atoms with Crippen molar-refractivity contribution in [1.29, 1.82) is 0 Å². The quantitative estimate of drug-likeness (QED) is 0.409. The normalized spacial score (nSPS) is 10.2. The summed E-state index contributed by atoms with van der Waals surface area (Å²) in [6.07, 6.45) is 0. The van der Waals surface area contributed by atoms with Crippen LogP contribution in [-0.4, -0.2) is 19.0 Å². The van der Waals surface area contributed by atoms with Crippen LogP contribution in [0, 0.1) is 0 Å². The second-order valence-corrected chi connectivity index (χ2v) is 6.47. The van der Waals surface area contributed by atoms with Crippen LogP contribution in [0.2, 0.25) is 10.0 Å². The third kappa shape index (κ3) is 4.82. The maximum Gasteiger partial charge on any atom is 0.347 e. The van der Waals surface area contributed by atoms with E-state index in [1.54, 1.807) is 48.5 Å². The van der Waals surface area contributed by atoms with Gasteiger partial charge < -0.3 is 14.2 Å². The van der Waals surface area contributed by atoms with E-state index < -0.39 is 11.9 Å². The molecule has 0 spiro atoms. The molecule has 0 saturated heterocycles. The predicted octanol–water partition coefficient (Wildman–Crippen LogP) is 5.44. The van der Waals surface area contributed by atoms with Gasteiger partial charge in [0.1, 0.15) is 22.8 Å². The molecule has 0 aliphatic rings. The van der Waals surface area contributed by atoms with Crippen molar-refractivity contribution >= 4 is 35.1 Å². The summed E-state index contributed by atoms with van der Waals surface area (Å²) < 4.78 is 15.8. The largest absolute Gasteiger partial charge is 0.496 e. The van der Waals surface area contributed by atoms with Crippen LogP contribution < -0.4 is 14.2 Å². The van der Waals surface area contributed by atoms with Gasteiger partial charge in [0, 0.05) is 10.0 Å². The van der Waals surface area contributed by atoms with Crippen LogP contribution in [0.4, 0.5) is 0 Å². The highest BCUT2D eigenvalue weighted by Gasteiger charge is 2.19. The summed E-state index contributed by atoms with van der Waals surface area (Å²) in [5, 5.41) is 1.04. The fourth-order valence-electron chi connectivity index (χ4n) is 2.33. The molecule has 0 heterocycles. The van der Waals surface area contributed by atoms with Crippen molar-refractivity contribution in [2.45, 2.75) is 0 Å². The fraction of sp³-hybridized carbons (Fsp3) is 0.0476. The molecule has 5 nitrogen and oxygen atoms in total. The molecule has 0 radical (unpaired) electrons. The Labute approximate surface area is 171 Å². The summed E-state index contributed by atoms with van der Waals surface area (Å²) in [6, 6.07) is 17.0. The molecule has 7 heteroatoms. The van der Waals surface area contributed by atoms with Crippen LogP contribution in [0.5, 0.6) is 17.2 Å². The van der Waals surface area contributed by atoms with Crippen molar-refractivity contribution in [3.05, 3.63) is 87.9 Å². The number of rotatable bonds is 5. The number of benzene rings is 3. The summed E-state index contributed by atoms with van der Waals surface area (Å²) in [7, 11) is 1.42. The molecule has 0 bridgehead atoms. The lowest BCUT2D eigenvalue weighted by Gasteiger charge is -2.11. The third-order valence-electron chi connectivity index (χ3n) is 3.70. The van der Waals surface area contributed by atoms with Gasteiger partial charge in [-0.15, -0.1) is 0 Å². The van der Waals surface area contributed by atoms with E-state index in [2.05, 4.69) is 0 Å². The van der Waals surface area contributed by atoms with E-state index in [0.29, 0.717) is 21.5 Å². The van der Waals surface area contributed by atoms with Gasteiger partial charge in [-0.1, -0.05) is 23.2 Å². The van der Waals surface area contributed by atoms with Gasteiger partial charge in [0.05, 0.1) is 12.7 Å². The van der Waals surface area contributed by atoms with Gasteiger partial charge in [-0.2, -0.15) is 0 Å². The first kappa shape index (κ1) is 19.7. The van der Waals surface area contributed by atoms with Crippen LogP contribution in [0.15, 0.2) is 66.7 Å². The number of methoxy groups -OCH3 is 1. The molecule has 0 atom stereocenters. The number of carbonyl (C=O) groups is 2. The lowest BCUT2D eigenvalue weighted by molar-refractivity contribution is 0.0731. The van der Waals surface area contributed by atoms with E-state index in [9.17, 15) is 9.59 Å². The average molecular weight is 417 g/mol. The number of esters is 2. The first-order chi connectivity index (χ1) is 13.5. The maximum absolute atomic E-state index is 12.5. The van der Waals surface area contributed by atoms with Crippen LogP contribution >= 0.6 is 23.2 Å². The first-order valence-electron chi connectivity index (χ1n) is 8.10. The van der Waals surface area contributed by atoms with Gasteiger partial charge in [-0.3, -0.25) is 0 Å². The monoisotopic (exact) mass is 416 g/mol. The van der Waals surface area contributed by atoms with Gasteiger partial charge in [-0.05, 0) is 66.7 Å². The molecule has 0 amide bonds. The Bertz CT molecular complexity index is 998. The van der Waals surface area contributed by atoms with Crippen LogP contribution in [0.25, 0.3) is 0 Å². The topological polar surface area (TPSA) is 61.8 Å². The summed E-state index contributed by atoms with van der Waals surface area (Å²) >= 11 is 11.6. The van der Waals surface area contributed by atoms with E-state index in [4.69, 9.17) is 37.4 Å². The third-order valence-corrected chi connectivity index (χ3v) is 4.21. The van der Waals surface area contributed by atoms with E-state index in [0.717, 1.165) is 0 Å². The van der Waals surface area contributed by atoms with E-state index in [1.165, 1.54) is 25.3 Å². The molecule has 142 valence electrons. The van der Waals surface area contributed by atoms with Gasteiger partial charge in [0.15, 0.2) is 0 Å². The SMILES string of the molecule is COc1ccc(C(=O)Oc2ccc(Cl)cc2)cc1C(=O)Oc1ccc(Cl)cc1. The number of ether oxygens (including phenoxy) is 3. The van der Waals surface area contributed by atoms with Gasteiger partial charge in [0.2, 0.25) is 0 Å². The van der Waals surface area contributed by atoms with Crippen LogP contribution in [0.1, 0.15) is 20.7 Å². The fourth-order valence-corrected chi connectivity index (χ4v) is 2.58. The zero-order valence-corrected chi connectivity index (χ0v) is 16.2. The minimum Gasteiger partial charge on any atom is -0.496 e. The Hall–Kier alpha value is -3.02. The minimum atomic E-state index is -0.680. The predicted molar refractivity (Wildman–Crippen MR) is 106 cm³/mol. The standard InChI is InChI=1S/C21H14Cl2O5/c1-26-19-11-2-13(20(24)27-16-7-3-14(22)4-8-16)12-18(19)21(25)28-17-9-5-15(23)6-10-17/h2-12H,1H3. The summed E-state index contributed by atoms with van der Waals surface area (Å²) in [6.45, 7) is 0. The smallest absolute Gasteiger partial charge is 0.347 e.